The quantitative estimate of drug-likeness (QED) is 0.488. The topological polar surface area (TPSA) is 77.6 Å². The van der Waals surface area contributed by atoms with E-state index in [9.17, 15) is 9.18 Å². The Bertz CT molecular complexity index is 1230. The second-order valence-corrected chi connectivity index (χ2v) is 6.31. The lowest BCUT2D eigenvalue weighted by atomic mass is 10.2. The van der Waals surface area contributed by atoms with Crippen LogP contribution < -0.4 is 9.64 Å². The molecule has 0 aliphatic rings. The lowest BCUT2D eigenvalue weighted by Gasteiger charge is -2.17. The van der Waals surface area contributed by atoms with E-state index in [0.717, 1.165) is 5.56 Å². The van der Waals surface area contributed by atoms with Crippen LogP contribution in [0.4, 0.5) is 10.1 Å². The molecule has 146 valence electrons. The van der Waals surface area contributed by atoms with Crippen molar-refractivity contribution in [2.45, 2.75) is 0 Å². The molecule has 0 spiro atoms. The summed E-state index contributed by atoms with van der Waals surface area (Å²) in [6.45, 7) is 3.46. The van der Waals surface area contributed by atoms with Gasteiger partial charge in [0.15, 0.2) is 11.6 Å². The van der Waals surface area contributed by atoms with E-state index in [1.54, 1.807) is 54.1 Å². The first-order chi connectivity index (χ1) is 14.0. The van der Waals surface area contributed by atoms with Crippen molar-refractivity contribution in [2.75, 3.05) is 11.9 Å². The van der Waals surface area contributed by atoms with Crippen LogP contribution in [0.15, 0.2) is 61.7 Å². The number of rotatable bonds is 5. The number of nitrogens with zero attached hydrogens (tertiary/aromatic N) is 6. The summed E-state index contributed by atoms with van der Waals surface area (Å²) in [4.78, 5) is 17.7. The molecule has 8 nitrogen and oxygen atoms in total. The van der Waals surface area contributed by atoms with Crippen molar-refractivity contribution in [3.8, 4) is 22.9 Å². The fourth-order valence-corrected chi connectivity index (χ4v) is 2.81. The van der Waals surface area contributed by atoms with Gasteiger partial charge in [-0.05, 0) is 24.3 Å². The summed E-state index contributed by atoms with van der Waals surface area (Å²) >= 11 is 0. The Morgan fingerprint density at radius 3 is 2.83 bits per heavy atom. The average molecular weight is 392 g/mol. The van der Waals surface area contributed by atoms with E-state index in [2.05, 4.69) is 21.8 Å². The molecule has 0 aliphatic carbocycles. The number of benzene rings is 1. The van der Waals surface area contributed by atoms with Crippen LogP contribution in [0.25, 0.3) is 16.8 Å². The fraction of sp³-hybridized carbons (Fsp3) is 0.100. The normalized spacial score (nSPS) is 10.9. The zero-order valence-corrected chi connectivity index (χ0v) is 15.8. The fourth-order valence-electron chi connectivity index (χ4n) is 2.81. The number of aromatic nitrogens is 5. The van der Waals surface area contributed by atoms with Crippen molar-refractivity contribution < 1.29 is 13.9 Å². The summed E-state index contributed by atoms with van der Waals surface area (Å²) in [6.07, 6.45) is 7.98. The number of carbonyl (C=O) groups excluding carboxylic acids is 1. The number of fused-ring (bicyclic) bond motifs is 1. The van der Waals surface area contributed by atoms with Gasteiger partial charge in [0, 0.05) is 37.6 Å². The molecule has 4 rings (SSSR count). The van der Waals surface area contributed by atoms with Gasteiger partial charge in [-0.1, -0.05) is 6.58 Å². The van der Waals surface area contributed by atoms with Gasteiger partial charge in [-0.3, -0.25) is 9.48 Å². The van der Waals surface area contributed by atoms with Crippen molar-refractivity contribution in [1.82, 2.24) is 24.4 Å². The maximum absolute atomic E-state index is 14.4. The van der Waals surface area contributed by atoms with Gasteiger partial charge >= 0.3 is 0 Å². The number of hydrogen-bond donors (Lipinski definition) is 0. The molecular formula is C20H17FN6O2. The number of amides is 1. The first-order valence-electron chi connectivity index (χ1n) is 8.67. The van der Waals surface area contributed by atoms with Crippen molar-refractivity contribution >= 4 is 17.1 Å². The molecule has 29 heavy (non-hydrogen) atoms. The standard InChI is InChI=1S/C20H17FN6O2/c1-4-19(28)26(3)14-5-6-15(21)18(9-14)29-20-17-7-8-22-27(17)12-16(24-20)13-10-23-25(2)11-13/h4-12H,1H2,2-3H3. The van der Waals surface area contributed by atoms with E-state index < -0.39 is 5.82 Å². The molecular weight excluding hydrogens is 375 g/mol. The number of ether oxygens (including phenoxy) is 1. The Hall–Kier alpha value is -4.01. The minimum atomic E-state index is -0.584. The van der Waals surface area contributed by atoms with Crippen molar-refractivity contribution in [3.05, 3.63) is 67.5 Å². The van der Waals surface area contributed by atoms with E-state index in [4.69, 9.17) is 4.74 Å². The minimum Gasteiger partial charge on any atom is -0.434 e. The third kappa shape index (κ3) is 3.45. The summed E-state index contributed by atoms with van der Waals surface area (Å²) in [7, 11) is 3.37. The van der Waals surface area contributed by atoms with Gasteiger partial charge in [-0.25, -0.2) is 13.9 Å². The van der Waals surface area contributed by atoms with Crippen molar-refractivity contribution in [3.63, 3.8) is 0 Å². The van der Waals surface area contributed by atoms with Crippen LogP contribution in [0, 0.1) is 5.82 Å². The molecule has 0 bridgehead atoms. The van der Waals surface area contributed by atoms with Gasteiger partial charge in [0.2, 0.25) is 11.8 Å². The lowest BCUT2D eigenvalue weighted by Crippen LogP contribution is -2.23. The molecule has 0 fully saturated rings. The summed E-state index contributed by atoms with van der Waals surface area (Å²) in [6, 6.07) is 5.86. The number of hydrogen-bond acceptors (Lipinski definition) is 5. The zero-order valence-electron chi connectivity index (χ0n) is 15.8. The highest BCUT2D eigenvalue weighted by Crippen LogP contribution is 2.31. The molecule has 0 radical (unpaired) electrons. The van der Waals surface area contributed by atoms with Gasteiger partial charge in [-0.15, -0.1) is 0 Å². The highest BCUT2D eigenvalue weighted by Gasteiger charge is 2.16. The van der Waals surface area contributed by atoms with Crippen LogP contribution in [0.2, 0.25) is 0 Å². The summed E-state index contributed by atoms with van der Waals surface area (Å²) < 4.78 is 23.5. The average Bonchev–Trinajstić information content (AvgIpc) is 3.37. The number of carbonyl (C=O) groups is 1. The molecule has 0 unspecified atom stereocenters. The van der Waals surface area contributed by atoms with Gasteiger partial charge in [0.25, 0.3) is 0 Å². The Labute approximate surface area is 165 Å². The van der Waals surface area contributed by atoms with E-state index in [1.807, 2.05) is 0 Å². The van der Waals surface area contributed by atoms with E-state index in [0.29, 0.717) is 16.9 Å². The summed E-state index contributed by atoms with van der Waals surface area (Å²) in [5.74, 6) is -0.792. The summed E-state index contributed by atoms with van der Waals surface area (Å²) in [5.41, 5.74) is 2.36. The number of aryl methyl sites for hydroxylation is 1. The predicted molar refractivity (Wildman–Crippen MR) is 105 cm³/mol. The lowest BCUT2D eigenvalue weighted by molar-refractivity contribution is -0.113. The maximum atomic E-state index is 14.4. The smallest absolute Gasteiger partial charge is 0.250 e. The maximum Gasteiger partial charge on any atom is 0.250 e. The van der Waals surface area contributed by atoms with E-state index in [-0.39, 0.29) is 17.5 Å². The third-order valence-corrected chi connectivity index (χ3v) is 4.37. The zero-order chi connectivity index (χ0) is 20.5. The highest BCUT2D eigenvalue weighted by atomic mass is 19.1. The number of anilines is 1. The first kappa shape index (κ1) is 18.4. The third-order valence-electron chi connectivity index (χ3n) is 4.37. The largest absolute Gasteiger partial charge is 0.434 e. The van der Waals surface area contributed by atoms with Crippen LogP contribution >= 0.6 is 0 Å². The molecule has 3 heterocycles. The van der Waals surface area contributed by atoms with Crippen LogP contribution in [0.3, 0.4) is 0 Å². The molecule has 0 atom stereocenters. The molecule has 0 saturated heterocycles. The molecule has 9 heteroatoms. The van der Waals surface area contributed by atoms with Gasteiger partial charge < -0.3 is 9.64 Å². The predicted octanol–water partition coefficient (Wildman–Crippen LogP) is 3.21. The SMILES string of the molecule is C=CC(=O)N(C)c1ccc(F)c(Oc2nc(-c3cnn(C)c3)cn3nccc23)c1. The Morgan fingerprint density at radius 2 is 2.10 bits per heavy atom. The Kier molecular flexibility index (Phi) is 4.55. The molecule has 1 amide bonds. The molecule has 4 aromatic rings. The Balaban J connectivity index is 1.77. The van der Waals surface area contributed by atoms with Gasteiger partial charge in [-0.2, -0.15) is 10.2 Å². The first-order valence-corrected chi connectivity index (χ1v) is 8.67. The van der Waals surface area contributed by atoms with E-state index in [1.165, 1.54) is 29.2 Å². The number of likely N-dealkylation sites (N-methyl/N-ethyl adjacent to an activating group) is 1. The van der Waals surface area contributed by atoms with E-state index >= 15 is 0 Å². The monoisotopic (exact) mass is 392 g/mol. The van der Waals surface area contributed by atoms with Crippen LogP contribution in [-0.4, -0.2) is 37.3 Å². The summed E-state index contributed by atoms with van der Waals surface area (Å²) in [5, 5.41) is 8.37. The minimum absolute atomic E-state index is 0.0647. The molecule has 0 aliphatic heterocycles. The van der Waals surface area contributed by atoms with Gasteiger partial charge in [0.05, 0.1) is 24.3 Å². The molecule has 0 N–H and O–H groups in total. The van der Waals surface area contributed by atoms with Gasteiger partial charge in [0.1, 0.15) is 5.52 Å². The van der Waals surface area contributed by atoms with Crippen LogP contribution in [0.5, 0.6) is 11.6 Å². The van der Waals surface area contributed by atoms with Crippen molar-refractivity contribution in [2.24, 2.45) is 7.05 Å². The van der Waals surface area contributed by atoms with Crippen molar-refractivity contribution in [1.29, 1.82) is 0 Å². The Morgan fingerprint density at radius 1 is 1.28 bits per heavy atom. The van der Waals surface area contributed by atoms with Crippen LogP contribution in [0.1, 0.15) is 0 Å². The number of halogens is 1. The highest BCUT2D eigenvalue weighted by molar-refractivity contribution is 6.00. The molecule has 0 saturated carbocycles. The van der Waals surface area contributed by atoms with Crippen LogP contribution in [-0.2, 0) is 11.8 Å². The molecule has 3 aromatic heterocycles. The second-order valence-electron chi connectivity index (χ2n) is 6.31. The molecule has 1 aromatic carbocycles. The second kappa shape index (κ2) is 7.19.